The molecular formula is C15H12Cl2N2O3Zn. The number of carbonyl (C=O) groups is 2. The minimum atomic E-state index is -0.425. The van der Waals surface area contributed by atoms with E-state index in [1.54, 1.807) is 30.4 Å². The Balaban J connectivity index is 0.00000264. The number of hydrogen-bond acceptors (Lipinski definition) is 4. The van der Waals surface area contributed by atoms with Gasteiger partial charge in [-0.2, -0.15) is 0 Å². The van der Waals surface area contributed by atoms with Crippen LogP contribution in [0.25, 0.3) is 0 Å². The molecule has 0 saturated heterocycles. The third-order valence-electron chi connectivity index (χ3n) is 2.61. The fourth-order valence-electron chi connectivity index (χ4n) is 1.57. The van der Waals surface area contributed by atoms with Crippen molar-refractivity contribution in [1.29, 1.82) is 0 Å². The van der Waals surface area contributed by atoms with Crippen molar-refractivity contribution in [2.45, 2.75) is 0 Å². The van der Waals surface area contributed by atoms with Crippen molar-refractivity contribution in [2.75, 3.05) is 6.61 Å². The zero-order chi connectivity index (χ0) is 15.9. The van der Waals surface area contributed by atoms with Crippen LogP contribution in [0.3, 0.4) is 0 Å². The first-order valence-corrected chi connectivity index (χ1v) is 7.03. The Kier molecular flexibility index (Phi) is 8.03. The Labute approximate surface area is 156 Å². The van der Waals surface area contributed by atoms with Gasteiger partial charge in [-0.3, -0.25) is 15.0 Å². The standard InChI is InChI=1S/C15H12Cl2N2O3.Zn/c16-11-5-6-14(12(17)7-11)22-9-15(21)19-18-8-10-3-1-2-4-13(10)20;/h1-8,18H,9H2,(H,19,21);. The summed E-state index contributed by atoms with van der Waals surface area (Å²) in [6, 6.07) is 4.70. The quantitative estimate of drug-likeness (QED) is 0.450. The number of hydrogen-bond donors (Lipinski definition) is 2. The first-order valence-electron chi connectivity index (χ1n) is 6.28. The van der Waals surface area contributed by atoms with Gasteiger partial charge in [0.05, 0.1) is 5.02 Å². The molecule has 2 N–H and O–H groups in total. The maximum atomic E-state index is 11.6. The van der Waals surface area contributed by atoms with E-state index in [1.165, 1.54) is 18.3 Å². The van der Waals surface area contributed by atoms with Crippen molar-refractivity contribution in [3.63, 3.8) is 0 Å². The average molecular weight is 405 g/mol. The van der Waals surface area contributed by atoms with E-state index in [-0.39, 0.29) is 31.9 Å². The maximum Gasteiger partial charge on any atom is 0.276 e. The molecule has 1 aromatic rings. The Morgan fingerprint density at radius 2 is 1.96 bits per heavy atom. The number of hydrazine groups is 1. The van der Waals surface area contributed by atoms with E-state index in [0.717, 1.165) is 0 Å². The van der Waals surface area contributed by atoms with Gasteiger partial charge in [0.2, 0.25) is 0 Å². The molecule has 0 spiro atoms. The van der Waals surface area contributed by atoms with Crippen molar-refractivity contribution in [1.82, 2.24) is 10.9 Å². The van der Waals surface area contributed by atoms with Crippen LogP contribution < -0.4 is 15.6 Å². The van der Waals surface area contributed by atoms with Gasteiger partial charge in [-0.1, -0.05) is 35.4 Å². The Bertz CT molecular complexity index is 687. The summed E-state index contributed by atoms with van der Waals surface area (Å²) in [4.78, 5) is 23.0. The fourth-order valence-corrected chi connectivity index (χ4v) is 2.03. The Morgan fingerprint density at radius 3 is 2.65 bits per heavy atom. The number of ketones is 1. The molecule has 8 heteroatoms. The SMILES string of the molecule is O=C(COc1ccc(Cl)cc1Cl)NNC=C1C=CC=CC1=O.[Zn]. The van der Waals surface area contributed by atoms with E-state index in [9.17, 15) is 9.59 Å². The van der Waals surface area contributed by atoms with Crippen molar-refractivity contribution >= 4 is 34.9 Å². The Morgan fingerprint density at radius 1 is 1.22 bits per heavy atom. The molecular weight excluding hydrogens is 392 g/mol. The summed E-state index contributed by atoms with van der Waals surface area (Å²) < 4.78 is 5.26. The Hall–Kier alpha value is -1.62. The van der Waals surface area contributed by atoms with Crippen LogP contribution in [-0.4, -0.2) is 18.3 Å². The van der Waals surface area contributed by atoms with Crippen LogP contribution in [0, 0.1) is 0 Å². The number of nitrogens with one attached hydrogen (secondary N) is 2. The summed E-state index contributed by atoms with van der Waals surface area (Å²) >= 11 is 11.7. The van der Waals surface area contributed by atoms with Crippen molar-refractivity contribution < 1.29 is 33.8 Å². The van der Waals surface area contributed by atoms with E-state index in [2.05, 4.69) is 10.9 Å². The molecule has 0 aromatic heterocycles. The number of ether oxygens (including phenoxy) is 1. The van der Waals surface area contributed by atoms with Crippen molar-refractivity contribution in [3.8, 4) is 5.75 Å². The van der Waals surface area contributed by atoms with Gasteiger partial charge in [0, 0.05) is 36.3 Å². The van der Waals surface area contributed by atoms with Crippen molar-refractivity contribution in [3.05, 3.63) is 64.3 Å². The predicted octanol–water partition coefficient (Wildman–Crippen LogP) is 2.57. The third kappa shape index (κ3) is 6.18. The molecule has 116 valence electrons. The first-order chi connectivity index (χ1) is 10.6. The van der Waals surface area contributed by atoms with Gasteiger partial charge in [0.1, 0.15) is 5.75 Å². The number of carbonyl (C=O) groups excluding carboxylic acids is 2. The molecule has 1 amide bonds. The van der Waals surface area contributed by atoms with E-state index in [0.29, 0.717) is 21.4 Å². The minimum absolute atomic E-state index is 0. The summed E-state index contributed by atoms with van der Waals surface area (Å²) in [5.74, 6) is -0.214. The summed E-state index contributed by atoms with van der Waals surface area (Å²) in [6.07, 6.45) is 7.83. The molecule has 1 aromatic carbocycles. The minimum Gasteiger partial charge on any atom is -0.482 e. The van der Waals surface area contributed by atoms with Crippen LogP contribution in [0.15, 0.2) is 54.3 Å². The first kappa shape index (κ1) is 19.4. The fraction of sp³-hybridized carbons (Fsp3) is 0.0667. The number of benzene rings is 1. The molecule has 0 heterocycles. The van der Waals surface area contributed by atoms with Gasteiger partial charge in [0.25, 0.3) is 5.91 Å². The molecule has 1 aliphatic carbocycles. The number of rotatable bonds is 5. The van der Waals surface area contributed by atoms with Crippen LogP contribution in [0.2, 0.25) is 10.0 Å². The number of amides is 1. The molecule has 0 aliphatic heterocycles. The topological polar surface area (TPSA) is 67.4 Å². The van der Waals surface area contributed by atoms with Crippen LogP contribution >= 0.6 is 23.2 Å². The van der Waals surface area contributed by atoms with E-state index in [1.807, 2.05) is 0 Å². The molecule has 23 heavy (non-hydrogen) atoms. The van der Waals surface area contributed by atoms with Crippen LogP contribution in [-0.2, 0) is 29.1 Å². The smallest absolute Gasteiger partial charge is 0.276 e. The molecule has 0 fully saturated rings. The molecule has 2 rings (SSSR count). The summed E-state index contributed by atoms with van der Waals surface area (Å²) in [6.45, 7) is -0.235. The summed E-state index contributed by atoms with van der Waals surface area (Å²) in [5, 5.41) is 0.800. The predicted molar refractivity (Wildman–Crippen MR) is 84.6 cm³/mol. The van der Waals surface area contributed by atoms with Gasteiger partial charge in [0.15, 0.2) is 12.4 Å². The van der Waals surface area contributed by atoms with Gasteiger partial charge in [-0.15, -0.1) is 0 Å². The maximum absolute atomic E-state index is 11.6. The number of halogens is 2. The largest absolute Gasteiger partial charge is 0.482 e. The van der Waals surface area contributed by atoms with Crippen LogP contribution in [0.1, 0.15) is 0 Å². The zero-order valence-electron chi connectivity index (χ0n) is 12.0. The third-order valence-corrected chi connectivity index (χ3v) is 3.14. The molecule has 1 aliphatic rings. The second-order valence-corrected chi connectivity index (χ2v) is 5.08. The van der Waals surface area contributed by atoms with Gasteiger partial charge >= 0.3 is 0 Å². The van der Waals surface area contributed by atoms with E-state index >= 15 is 0 Å². The second kappa shape index (κ2) is 9.51. The second-order valence-electron chi connectivity index (χ2n) is 4.24. The zero-order valence-corrected chi connectivity index (χ0v) is 16.5. The molecule has 5 nitrogen and oxygen atoms in total. The van der Waals surface area contributed by atoms with Gasteiger partial charge in [-0.25, -0.2) is 0 Å². The molecule has 0 bridgehead atoms. The van der Waals surface area contributed by atoms with Gasteiger partial charge in [-0.05, 0) is 30.4 Å². The van der Waals surface area contributed by atoms with E-state index in [4.69, 9.17) is 27.9 Å². The molecule has 0 atom stereocenters. The van der Waals surface area contributed by atoms with Crippen molar-refractivity contribution in [2.24, 2.45) is 0 Å². The van der Waals surface area contributed by atoms with Gasteiger partial charge < -0.3 is 10.2 Å². The van der Waals surface area contributed by atoms with Crippen LogP contribution in [0.5, 0.6) is 5.75 Å². The number of allylic oxidation sites excluding steroid dienone is 5. The van der Waals surface area contributed by atoms with E-state index < -0.39 is 5.91 Å². The molecule has 0 unspecified atom stereocenters. The molecule has 0 saturated carbocycles. The monoisotopic (exact) mass is 402 g/mol. The van der Waals surface area contributed by atoms with Crippen LogP contribution in [0.4, 0.5) is 0 Å². The summed E-state index contributed by atoms with van der Waals surface area (Å²) in [7, 11) is 0. The molecule has 0 radical (unpaired) electrons. The summed E-state index contributed by atoms with van der Waals surface area (Å²) in [5.41, 5.74) is 5.36. The normalized spacial score (nSPS) is 14.3. The average Bonchev–Trinajstić information content (AvgIpc) is 2.48.